The molecule has 2 heterocycles. The Hall–Kier alpha value is -2.63. The number of carbonyl (C=O) groups is 1. The summed E-state index contributed by atoms with van der Waals surface area (Å²) < 4.78 is 11.4. The second kappa shape index (κ2) is 7.77. The van der Waals surface area contributed by atoms with E-state index in [0.717, 1.165) is 24.9 Å². The highest BCUT2D eigenvalue weighted by Crippen LogP contribution is 2.16. The summed E-state index contributed by atoms with van der Waals surface area (Å²) in [7, 11) is 0. The fourth-order valence-electron chi connectivity index (χ4n) is 2.70. The van der Waals surface area contributed by atoms with Crippen LogP contribution in [0.4, 0.5) is 0 Å². The predicted molar refractivity (Wildman–Crippen MR) is 88.9 cm³/mol. The van der Waals surface area contributed by atoms with Gasteiger partial charge in [-0.1, -0.05) is 12.1 Å². The van der Waals surface area contributed by atoms with Crippen molar-refractivity contribution in [1.82, 2.24) is 14.9 Å². The Bertz CT molecular complexity index is 678. The number of aromatic nitrogens is 2. The molecule has 1 aliphatic rings. The van der Waals surface area contributed by atoms with E-state index in [9.17, 15) is 4.79 Å². The van der Waals surface area contributed by atoms with Crippen molar-refractivity contribution in [2.75, 3.05) is 19.7 Å². The van der Waals surface area contributed by atoms with Crippen LogP contribution in [0.25, 0.3) is 0 Å². The van der Waals surface area contributed by atoms with Gasteiger partial charge in [0.2, 0.25) is 0 Å². The van der Waals surface area contributed by atoms with Gasteiger partial charge in [0.15, 0.2) is 6.61 Å². The minimum Gasteiger partial charge on any atom is -0.484 e. The molecule has 0 aliphatic carbocycles. The third-order valence-electron chi connectivity index (χ3n) is 3.90. The standard InChI is InChI=1S/C18H21N3O3/c1-14-5-2-6-15(11-14)23-13-17(22)21-10-3-7-16(12-21)24-18-19-8-4-9-20-18/h2,4-6,8-9,11,16H,3,7,10,12-13H2,1H3/t16-/m1/s1. The number of aryl methyl sites for hydroxylation is 1. The van der Waals surface area contributed by atoms with Crippen molar-refractivity contribution in [2.45, 2.75) is 25.9 Å². The van der Waals surface area contributed by atoms with Gasteiger partial charge in [-0.25, -0.2) is 9.97 Å². The van der Waals surface area contributed by atoms with Crippen molar-refractivity contribution in [3.8, 4) is 11.8 Å². The second-order valence-corrected chi connectivity index (χ2v) is 5.86. The fourth-order valence-corrected chi connectivity index (χ4v) is 2.70. The maximum absolute atomic E-state index is 12.4. The molecule has 1 fully saturated rings. The molecule has 6 heteroatoms. The molecule has 0 bridgehead atoms. The second-order valence-electron chi connectivity index (χ2n) is 5.86. The van der Waals surface area contributed by atoms with E-state index < -0.39 is 0 Å². The van der Waals surface area contributed by atoms with Crippen molar-refractivity contribution < 1.29 is 14.3 Å². The first-order chi connectivity index (χ1) is 11.7. The Morgan fingerprint density at radius 1 is 1.29 bits per heavy atom. The number of benzene rings is 1. The molecule has 1 amide bonds. The third kappa shape index (κ3) is 4.44. The van der Waals surface area contributed by atoms with E-state index in [1.807, 2.05) is 31.2 Å². The van der Waals surface area contributed by atoms with Gasteiger partial charge in [-0.15, -0.1) is 0 Å². The highest BCUT2D eigenvalue weighted by Gasteiger charge is 2.25. The van der Waals surface area contributed by atoms with Crippen LogP contribution in [0.5, 0.6) is 11.8 Å². The van der Waals surface area contributed by atoms with Gasteiger partial charge in [-0.3, -0.25) is 4.79 Å². The molecule has 1 aromatic carbocycles. The Balaban J connectivity index is 1.51. The number of piperidine rings is 1. The first-order valence-corrected chi connectivity index (χ1v) is 8.11. The highest BCUT2D eigenvalue weighted by molar-refractivity contribution is 5.77. The van der Waals surface area contributed by atoms with Gasteiger partial charge in [0.05, 0.1) is 6.54 Å². The van der Waals surface area contributed by atoms with E-state index in [1.165, 1.54) is 0 Å². The van der Waals surface area contributed by atoms with Gasteiger partial charge in [0.25, 0.3) is 5.91 Å². The van der Waals surface area contributed by atoms with Crippen LogP contribution in [0, 0.1) is 6.92 Å². The molecule has 126 valence electrons. The number of carbonyl (C=O) groups excluding carboxylic acids is 1. The number of ether oxygens (including phenoxy) is 2. The fraction of sp³-hybridized carbons (Fsp3) is 0.389. The van der Waals surface area contributed by atoms with Crippen molar-refractivity contribution in [3.05, 3.63) is 48.3 Å². The van der Waals surface area contributed by atoms with Crippen LogP contribution in [-0.4, -0.2) is 46.6 Å². The van der Waals surface area contributed by atoms with Crippen molar-refractivity contribution in [3.63, 3.8) is 0 Å². The molecule has 6 nitrogen and oxygen atoms in total. The Kier molecular flexibility index (Phi) is 5.25. The molecule has 24 heavy (non-hydrogen) atoms. The van der Waals surface area contributed by atoms with E-state index in [1.54, 1.807) is 23.4 Å². The number of amides is 1. The van der Waals surface area contributed by atoms with Crippen molar-refractivity contribution in [1.29, 1.82) is 0 Å². The molecule has 1 aromatic heterocycles. The summed E-state index contributed by atoms with van der Waals surface area (Å²) in [6, 6.07) is 9.78. The molecule has 1 saturated heterocycles. The topological polar surface area (TPSA) is 64.5 Å². The molecule has 1 atom stereocenters. The SMILES string of the molecule is Cc1cccc(OCC(=O)N2CCC[C@@H](Oc3ncccn3)C2)c1. The van der Waals surface area contributed by atoms with Crippen LogP contribution in [-0.2, 0) is 4.79 Å². The van der Waals surface area contributed by atoms with Crippen molar-refractivity contribution >= 4 is 5.91 Å². The summed E-state index contributed by atoms with van der Waals surface area (Å²) in [6.07, 6.45) is 4.99. The average Bonchev–Trinajstić information content (AvgIpc) is 2.61. The molecular weight excluding hydrogens is 306 g/mol. The van der Waals surface area contributed by atoms with Gasteiger partial charge >= 0.3 is 6.01 Å². The molecule has 0 unspecified atom stereocenters. The Labute approximate surface area is 141 Å². The molecule has 0 spiro atoms. The van der Waals surface area contributed by atoms with Crippen LogP contribution in [0.2, 0.25) is 0 Å². The number of nitrogens with zero attached hydrogens (tertiary/aromatic N) is 3. The van der Waals surface area contributed by atoms with E-state index >= 15 is 0 Å². The smallest absolute Gasteiger partial charge is 0.316 e. The summed E-state index contributed by atoms with van der Waals surface area (Å²) in [6.45, 7) is 3.30. The molecule has 0 saturated carbocycles. The molecule has 0 radical (unpaired) electrons. The normalized spacial score (nSPS) is 17.4. The number of hydrogen-bond acceptors (Lipinski definition) is 5. The largest absolute Gasteiger partial charge is 0.484 e. The van der Waals surface area contributed by atoms with Gasteiger partial charge in [0, 0.05) is 18.9 Å². The van der Waals surface area contributed by atoms with Gasteiger partial charge in [-0.2, -0.15) is 0 Å². The highest BCUT2D eigenvalue weighted by atomic mass is 16.5. The summed E-state index contributed by atoms with van der Waals surface area (Å²) >= 11 is 0. The lowest BCUT2D eigenvalue weighted by molar-refractivity contribution is -0.136. The van der Waals surface area contributed by atoms with Crippen LogP contribution in [0.3, 0.4) is 0 Å². The summed E-state index contributed by atoms with van der Waals surface area (Å²) in [5.41, 5.74) is 1.11. The summed E-state index contributed by atoms with van der Waals surface area (Å²) in [5.74, 6) is 0.685. The Morgan fingerprint density at radius 2 is 2.12 bits per heavy atom. The number of hydrogen-bond donors (Lipinski definition) is 0. The predicted octanol–water partition coefficient (Wildman–Crippen LogP) is 2.23. The molecule has 3 rings (SSSR count). The maximum Gasteiger partial charge on any atom is 0.316 e. The Morgan fingerprint density at radius 3 is 2.92 bits per heavy atom. The van der Waals surface area contributed by atoms with Gasteiger partial charge in [-0.05, 0) is 43.5 Å². The molecule has 1 aliphatic heterocycles. The van der Waals surface area contributed by atoms with Gasteiger partial charge in [0.1, 0.15) is 11.9 Å². The van der Waals surface area contributed by atoms with E-state index in [2.05, 4.69) is 9.97 Å². The lowest BCUT2D eigenvalue weighted by Crippen LogP contribution is -2.46. The van der Waals surface area contributed by atoms with E-state index in [4.69, 9.17) is 9.47 Å². The number of likely N-dealkylation sites (tertiary alicyclic amines) is 1. The average molecular weight is 327 g/mol. The van der Waals surface area contributed by atoms with Crippen LogP contribution >= 0.6 is 0 Å². The summed E-state index contributed by atoms with van der Waals surface area (Å²) in [5, 5.41) is 0. The van der Waals surface area contributed by atoms with Gasteiger partial charge < -0.3 is 14.4 Å². The minimum absolute atomic E-state index is 0.0289. The summed E-state index contributed by atoms with van der Waals surface area (Å²) in [4.78, 5) is 22.3. The van der Waals surface area contributed by atoms with Crippen LogP contribution in [0.15, 0.2) is 42.7 Å². The van der Waals surface area contributed by atoms with Crippen LogP contribution < -0.4 is 9.47 Å². The lowest BCUT2D eigenvalue weighted by Gasteiger charge is -2.32. The van der Waals surface area contributed by atoms with Crippen molar-refractivity contribution in [2.24, 2.45) is 0 Å². The lowest BCUT2D eigenvalue weighted by atomic mass is 10.1. The van der Waals surface area contributed by atoms with Crippen LogP contribution in [0.1, 0.15) is 18.4 Å². The molecule has 0 N–H and O–H groups in total. The third-order valence-corrected chi connectivity index (χ3v) is 3.90. The first kappa shape index (κ1) is 16.2. The maximum atomic E-state index is 12.4. The molecular formula is C18H21N3O3. The van der Waals surface area contributed by atoms with E-state index in [-0.39, 0.29) is 18.6 Å². The minimum atomic E-state index is -0.0796. The van der Waals surface area contributed by atoms with E-state index in [0.29, 0.717) is 18.3 Å². The first-order valence-electron chi connectivity index (χ1n) is 8.11. The quantitative estimate of drug-likeness (QED) is 0.842. The number of rotatable bonds is 5. The molecule has 2 aromatic rings. The zero-order valence-corrected chi connectivity index (χ0v) is 13.7. The monoisotopic (exact) mass is 327 g/mol. The zero-order valence-electron chi connectivity index (χ0n) is 13.7. The zero-order chi connectivity index (χ0) is 16.8.